The molecule has 132 valence electrons. The second kappa shape index (κ2) is 7.33. The number of nitrogens with one attached hydrogen (secondary N) is 1. The fourth-order valence-corrected chi connectivity index (χ4v) is 3.16. The molecule has 2 aliphatic rings. The molecule has 8 heteroatoms. The second-order valence-electron chi connectivity index (χ2n) is 6.17. The zero-order valence-electron chi connectivity index (χ0n) is 13.8. The highest BCUT2D eigenvalue weighted by molar-refractivity contribution is 5.91. The third-order valence-electron chi connectivity index (χ3n) is 4.34. The molecule has 1 N–H and O–H groups in total. The summed E-state index contributed by atoms with van der Waals surface area (Å²) in [7, 11) is 1.62. The van der Waals surface area contributed by atoms with Gasteiger partial charge in [-0.2, -0.15) is 0 Å². The van der Waals surface area contributed by atoms with Gasteiger partial charge in [-0.3, -0.25) is 14.5 Å². The summed E-state index contributed by atoms with van der Waals surface area (Å²) in [5.41, 5.74) is -0.620. The molecule has 1 aromatic rings. The van der Waals surface area contributed by atoms with Crippen LogP contribution in [0.3, 0.4) is 0 Å². The maximum Gasteiger partial charge on any atom is 0.289 e. The first-order chi connectivity index (χ1) is 11.6. The van der Waals surface area contributed by atoms with Gasteiger partial charge < -0.3 is 24.1 Å². The van der Waals surface area contributed by atoms with E-state index in [1.807, 2.05) is 4.90 Å². The number of furan rings is 1. The van der Waals surface area contributed by atoms with Crippen molar-refractivity contribution in [1.82, 2.24) is 15.1 Å². The van der Waals surface area contributed by atoms with E-state index in [2.05, 4.69) is 5.32 Å². The Bertz CT molecular complexity index is 576. The van der Waals surface area contributed by atoms with Crippen molar-refractivity contribution in [2.45, 2.75) is 5.60 Å². The summed E-state index contributed by atoms with van der Waals surface area (Å²) in [6, 6.07) is 3.36. The highest BCUT2D eigenvalue weighted by Crippen LogP contribution is 2.24. The molecule has 3 rings (SSSR count). The number of amides is 2. The Morgan fingerprint density at radius 3 is 2.92 bits per heavy atom. The van der Waals surface area contributed by atoms with Crippen LogP contribution in [0.1, 0.15) is 10.6 Å². The van der Waals surface area contributed by atoms with Gasteiger partial charge in [0, 0.05) is 26.7 Å². The maximum absolute atomic E-state index is 12.5. The summed E-state index contributed by atoms with van der Waals surface area (Å²) >= 11 is 0. The van der Waals surface area contributed by atoms with Crippen LogP contribution >= 0.6 is 0 Å². The number of hydrogen-bond donors (Lipinski definition) is 1. The van der Waals surface area contributed by atoms with Gasteiger partial charge in [-0.05, 0) is 12.1 Å². The molecule has 3 heterocycles. The molecule has 1 atom stereocenters. The van der Waals surface area contributed by atoms with Crippen LogP contribution in [0.4, 0.5) is 0 Å². The minimum absolute atomic E-state index is 0.0497. The molecular weight excluding hydrogens is 314 g/mol. The van der Waals surface area contributed by atoms with Crippen molar-refractivity contribution >= 4 is 11.8 Å². The minimum atomic E-state index is -0.620. The average Bonchev–Trinajstić information content (AvgIpc) is 3.06. The summed E-state index contributed by atoms with van der Waals surface area (Å²) in [6.07, 6.45) is 1.49. The van der Waals surface area contributed by atoms with Gasteiger partial charge >= 0.3 is 0 Å². The van der Waals surface area contributed by atoms with E-state index < -0.39 is 5.60 Å². The third-order valence-corrected chi connectivity index (χ3v) is 4.34. The Hall–Kier alpha value is -1.90. The second-order valence-corrected chi connectivity index (χ2v) is 6.17. The number of morpholine rings is 1. The van der Waals surface area contributed by atoms with Gasteiger partial charge in [-0.1, -0.05) is 0 Å². The molecule has 0 bridgehead atoms. The summed E-state index contributed by atoms with van der Waals surface area (Å²) < 4.78 is 16.9. The first kappa shape index (κ1) is 16.9. The number of nitrogens with zero attached hydrogens (tertiary/aromatic N) is 2. The summed E-state index contributed by atoms with van der Waals surface area (Å²) in [4.78, 5) is 28.0. The van der Waals surface area contributed by atoms with Crippen molar-refractivity contribution in [2.24, 2.45) is 0 Å². The molecule has 2 amide bonds. The van der Waals surface area contributed by atoms with E-state index in [9.17, 15) is 9.59 Å². The van der Waals surface area contributed by atoms with Crippen LogP contribution in [0.25, 0.3) is 0 Å². The van der Waals surface area contributed by atoms with E-state index in [1.165, 1.54) is 6.26 Å². The largest absolute Gasteiger partial charge is 0.459 e. The van der Waals surface area contributed by atoms with Crippen molar-refractivity contribution in [3.8, 4) is 0 Å². The monoisotopic (exact) mass is 337 g/mol. The Kier molecular flexibility index (Phi) is 5.17. The Balaban J connectivity index is 1.70. The van der Waals surface area contributed by atoms with Crippen molar-refractivity contribution in [3.63, 3.8) is 0 Å². The molecule has 0 radical (unpaired) electrons. The topological polar surface area (TPSA) is 84.3 Å². The standard InChI is InChI=1S/C16H23N3O5/c1-17-14(20)9-18-4-7-22-12-16(10-18)11-19(5-8-24-16)15(21)13-3-2-6-23-13/h2-3,6H,4-5,7-12H2,1H3,(H,17,20)/t16-/m1/s1. The Labute approximate surface area is 140 Å². The first-order valence-electron chi connectivity index (χ1n) is 8.09. The molecule has 1 spiro atoms. The maximum atomic E-state index is 12.5. The molecule has 0 aromatic carbocycles. The summed E-state index contributed by atoms with van der Waals surface area (Å²) in [5, 5.41) is 2.63. The Morgan fingerprint density at radius 1 is 1.29 bits per heavy atom. The molecule has 2 saturated heterocycles. The molecule has 0 aliphatic carbocycles. The van der Waals surface area contributed by atoms with Crippen molar-refractivity contribution < 1.29 is 23.5 Å². The number of likely N-dealkylation sites (N-methyl/N-ethyl adjacent to an activating group) is 1. The van der Waals surface area contributed by atoms with E-state index in [-0.39, 0.29) is 18.4 Å². The van der Waals surface area contributed by atoms with Crippen LogP contribution in [-0.4, -0.2) is 86.8 Å². The van der Waals surface area contributed by atoms with Gasteiger partial charge in [0.2, 0.25) is 5.91 Å². The van der Waals surface area contributed by atoms with Gasteiger partial charge in [0.15, 0.2) is 5.76 Å². The lowest BCUT2D eigenvalue weighted by atomic mass is 10.0. The molecule has 0 unspecified atom stereocenters. The highest BCUT2D eigenvalue weighted by atomic mass is 16.5. The molecule has 24 heavy (non-hydrogen) atoms. The minimum Gasteiger partial charge on any atom is -0.459 e. The lowest BCUT2D eigenvalue weighted by molar-refractivity contribution is -0.136. The van der Waals surface area contributed by atoms with E-state index in [4.69, 9.17) is 13.9 Å². The number of carbonyl (C=O) groups is 2. The number of carbonyl (C=O) groups excluding carboxylic acids is 2. The fourth-order valence-electron chi connectivity index (χ4n) is 3.16. The van der Waals surface area contributed by atoms with Crippen molar-refractivity contribution in [1.29, 1.82) is 0 Å². The first-order valence-corrected chi connectivity index (χ1v) is 8.09. The summed E-state index contributed by atoms with van der Waals surface area (Å²) in [6.45, 7) is 3.79. The van der Waals surface area contributed by atoms with Gasteiger partial charge in [0.1, 0.15) is 5.60 Å². The van der Waals surface area contributed by atoms with Gasteiger partial charge in [-0.15, -0.1) is 0 Å². The molecule has 2 fully saturated rings. The average molecular weight is 337 g/mol. The molecule has 0 saturated carbocycles. The van der Waals surface area contributed by atoms with Crippen LogP contribution in [-0.2, 0) is 14.3 Å². The van der Waals surface area contributed by atoms with E-state index in [0.717, 1.165) is 0 Å². The van der Waals surface area contributed by atoms with Crippen molar-refractivity contribution in [3.05, 3.63) is 24.2 Å². The molecule has 2 aliphatic heterocycles. The molecule has 1 aromatic heterocycles. The van der Waals surface area contributed by atoms with Crippen LogP contribution in [0.5, 0.6) is 0 Å². The van der Waals surface area contributed by atoms with Crippen molar-refractivity contribution in [2.75, 3.05) is 59.6 Å². The lowest BCUT2D eigenvalue weighted by Gasteiger charge is -2.43. The van der Waals surface area contributed by atoms with E-state index in [0.29, 0.717) is 51.8 Å². The number of ether oxygens (including phenoxy) is 2. The van der Waals surface area contributed by atoms with Gasteiger partial charge in [-0.25, -0.2) is 0 Å². The zero-order chi connectivity index (χ0) is 17.0. The number of hydrogen-bond acceptors (Lipinski definition) is 6. The van der Waals surface area contributed by atoms with E-state index >= 15 is 0 Å². The third kappa shape index (κ3) is 3.77. The van der Waals surface area contributed by atoms with Crippen LogP contribution in [0, 0.1) is 0 Å². The van der Waals surface area contributed by atoms with E-state index in [1.54, 1.807) is 24.1 Å². The Morgan fingerprint density at radius 2 is 2.17 bits per heavy atom. The van der Waals surface area contributed by atoms with Crippen LogP contribution < -0.4 is 5.32 Å². The number of rotatable bonds is 3. The quantitative estimate of drug-likeness (QED) is 0.806. The van der Waals surface area contributed by atoms with Crippen LogP contribution in [0.15, 0.2) is 22.8 Å². The molecule has 8 nitrogen and oxygen atoms in total. The van der Waals surface area contributed by atoms with Gasteiger partial charge in [0.05, 0.1) is 39.2 Å². The van der Waals surface area contributed by atoms with Gasteiger partial charge in [0.25, 0.3) is 5.91 Å². The predicted molar refractivity (Wildman–Crippen MR) is 84.6 cm³/mol. The molecular formula is C16H23N3O5. The lowest BCUT2D eigenvalue weighted by Crippen LogP contribution is -2.60. The smallest absolute Gasteiger partial charge is 0.289 e. The van der Waals surface area contributed by atoms with Crippen LogP contribution in [0.2, 0.25) is 0 Å². The SMILES string of the molecule is CNC(=O)CN1CCOC[C@@]2(C1)CN(C(=O)c1ccco1)CCO2. The normalized spacial score (nSPS) is 25.5. The predicted octanol–water partition coefficient (Wildman–Crippen LogP) is -0.431. The highest BCUT2D eigenvalue weighted by Gasteiger charge is 2.42. The summed E-state index contributed by atoms with van der Waals surface area (Å²) in [5.74, 6) is 0.125. The zero-order valence-corrected chi connectivity index (χ0v) is 13.8. The fraction of sp³-hybridized carbons (Fsp3) is 0.625.